The van der Waals surface area contributed by atoms with E-state index in [1.54, 1.807) is 12.1 Å². The molecule has 0 radical (unpaired) electrons. The van der Waals surface area contributed by atoms with E-state index in [-0.39, 0.29) is 4.90 Å². The lowest BCUT2D eigenvalue weighted by molar-refractivity contribution is 0.598. The number of nitrogens with zero attached hydrogens (tertiary/aromatic N) is 2. The molecule has 0 N–H and O–H groups in total. The zero-order valence-corrected chi connectivity index (χ0v) is 24.0. The first-order valence-corrected chi connectivity index (χ1v) is 15.8. The predicted molar refractivity (Wildman–Crippen MR) is 174 cm³/mol. The highest BCUT2D eigenvalue weighted by molar-refractivity contribution is 7.92. The molecule has 0 amide bonds. The third-order valence-electron chi connectivity index (χ3n) is 8.43. The molecule has 0 atom stereocenters. The number of benzene rings is 6. The van der Waals surface area contributed by atoms with Crippen molar-refractivity contribution in [1.82, 2.24) is 9.97 Å². The van der Waals surface area contributed by atoms with Crippen LogP contribution in [0.4, 0.5) is 0 Å². The Bertz CT molecular complexity index is 2570. The summed E-state index contributed by atoms with van der Waals surface area (Å²) >= 11 is 0. The average Bonchev–Trinajstić information content (AvgIpc) is 3.55. The minimum atomic E-state index is -3.78. The minimum Gasteiger partial charge on any atom is -0.456 e. The highest BCUT2D eigenvalue weighted by Crippen LogP contribution is 2.46. The molecule has 0 saturated heterocycles. The van der Waals surface area contributed by atoms with Gasteiger partial charge in [0.05, 0.1) is 32.2 Å². The van der Waals surface area contributed by atoms with Crippen molar-refractivity contribution in [2.45, 2.75) is 9.79 Å². The Morgan fingerprint density at radius 3 is 1.75 bits per heavy atom. The molecule has 0 saturated carbocycles. The van der Waals surface area contributed by atoms with Crippen LogP contribution < -0.4 is 0 Å². The zero-order chi connectivity index (χ0) is 29.4. The molecule has 2 aromatic heterocycles. The number of hydrogen-bond acceptors (Lipinski definition) is 5. The van der Waals surface area contributed by atoms with E-state index in [9.17, 15) is 8.42 Å². The van der Waals surface area contributed by atoms with Crippen molar-refractivity contribution in [2.75, 3.05) is 0 Å². The monoisotopic (exact) mass is 586 g/mol. The van der Waals surface area contributed by atoms with Crippen LogP contribution in [0.5, 0.6) is 0 Å². The standard InChI is InChI=1S/C38H22N2O3S/c41-44(42)35-21-25(24-16-19-34-30(20-24)27-10-4-7-13-33(27)43-34)14-17-28(35)29-18-15-26(22-36(29)44)38-37(23-8-2-1-3-9-23)39-31-11-5-6-12-32(31)40-38/h1-22H. The Kier molecular flexibility index (Phi) is 5.22. The van der Waals surface area contributed by atoms with Crippen molar-refractivity contribution in [3.8, 4) is 44.8 Å². The van der Waals surface area contributed by atoms with Gasteiger partial charge < -0.3 is 4.42 Å². The van der Waals surface area contributed by atoms with Crippen LogP contribution in [-0.4, -0.2) is 18.4 Å². The Hall–Kier alpha value is -5.59. The van der Waals surface area contributed by atoms with Gasteiger partial charge in [-0.25, -0.2) is 18.4 Å². The van der Waals surface area contributed by atoms with Gasteiger partial charge in [-0.1, -0.05) is 91.0 Å². The molecular formula is C38H22N2O3S. The fraction of sp³-hybridized carbons (Fsp3) is 0. The van der Waals surface area contributed by atoms with Gasteiger partial charge in [-0.05, 0) is 53.6 Å². The summed E-state index contributed by atoms with van der Waals surface area (Å²) < 4.78 is 34.2. The fourth-order valence-corrected chi connectivity index (χ4v) is 8.02. The molecule has 0 bridgehead atoms. The van der Waals surface area contributed by atoms with E-state index >= 15 is 0 Å². The van der Waals surface area contributed by atoms with Crippen LogP contribution in [0.3, 0.4) is 0 Å². The third kappa shape index (κ3) is 3.68. The normalized spacial score (nSPS) is 13.4. The quantitative estimate of drug-likeness (QED) is 0.206. The van der Waals surface area contributed by atoms with E-state index in [2.05, 4.69) is 6.07 Å². The van der Waals surface area contributed by atoms with Crippen molar-refractivity contribution in [2.24, 2.45) is 0 Å². The zero-order valence-electron chi connectivity index (χ0n) is 23.2. The maximum absolute atomic E-state index is 14.1. The van der Waals surface area contributed by atoms with Crippen molar-refractivity contribution in [1.29, 1.82) is 0 Å². The van der Waals surface area contributed by atoms with E-state index in [4.69, 9.17) is 14.4 Å². The molecule has 44 heavy (non-hydrogen) atoms. The number of hydrogen-bond donors (Lipinski definition) is 0. The van der Waals surface area contributed by atoms with Gasteiger partial charge in [0.15, 0.2) is 0 Å². The molecule has 5 nitrogen and oxygen atoms in total. The van der Waals surface area contributed by atoms with Crippen molar-refractivity contribution >= 4 is 42.8 Å². The first kappa shape index (κ1) is 25.0. The fourth-order valence-electron chi connectivity index (χ4n) is 6.28. The Balaban J connectivity index is 1.18. The molecule has 0 spiro atoms. The van der Waals surface area contributed by atoms with Crippen LogP contribution in [0.15, 0.2) is 148 Å². The summed E-state index contributed by atoms with van der Waals surface area (Å²) in [6.45, 7) is 0. The Morgan fingerprint density at radius 2 is 1.00 bits per heavy atom. The summed E-state index contributed by atoms with van der Waals surface area (Å²) in [4.78, 5) is 10.5. The summed E-state index contributed by atoms with van der Waals surface area (Å²) in [5.41, 5.74) is 9.30. The third-order valence-corrected chi connectivity index (χ3v) is 10.3. The number of sulfone groups is 1. The Morgan fingerprint density at radius 1 is 0.455 bits per heavy atom. The minimum absolute atomic E-state index is 0.285. The number of para-hydroxylation sites is 3. The van der Waals surface area contributed by atoms with Crippen LogP contribution >= 0.6 is 0 Å². The summed E-state index contributed by atoms with van der Waals surface area (Å²) in [5.74, 6) is 0. The highest BCUT2D eigenvalue weighted by atomic mass is 32.2. The number of fused-ring (bicyclic) bond motifs is 7. The molecule has 0 fully saturated rings. The van der Waals surface area contributed by atoms with E-state index in [0.29, 0.717) is 33.0 Å². The second kappa shape index (κ2) is 9.20. The second-order valence-electron chi connectivity index (χ2n) is 11.0. The summed E-state index contributed by atoms with van der Waals surface area (Å²) in [6.07, 6.45) is 0. The summed E-state index contributed by atoms with van der Waals surface area (Å²) in [7, 11) is -3.78. The van der Waals surface area contributed by atoms with Gasteiger partial charge >= 0.3 is 0 Å². The van der Waals surface area contributed by atoms with E-state index in [1.807, 2.05) is 115 Å². The van der Waals surface area contributed by atoms with Crippen LogP contribution in [0.1, 0.15) is 0 Å². The summed E-state index contributed by atoms with van der Waals surface area (Å²) in [5, 5.41) is 2.03. The van der Waals surface area contributed by atoms with Gasteiger partial charge in [0, 0.05) is 33.0 Å². The maximum atomic E-state index is 14.1. The predicted octanol–water partition coefficient (Wildman–Crippen LogP) is 9.34. The first-order valence-electron chi connectivity index (χ1n) is 14.3. The molecule has 6 heteroatoms. The number of rotatable bonds is 3. The lowest BCUT2D eigenvalue weighted by Gasteiger charge is -2.11. The van der Waals surface area contributed by atoms with E-state index in [1.165, 1.54) is 0 Å². The van der Waals surface area contributed by atoms with Crippen LogP contribution in [-0.2, 0) is 9.84 Å². The molecule has 0 aliphatic carbocycles. The maximum Gasteiger partial charge on any atom is 0.207 e. The smallest absolute Gasteiger partial charge is 0.207 e. The number of aromatic nitrogens is 2. The molecule has 3 heterocycles. The van der Waals surface area contributed by atoms with Crippen LogP contribution in [0, 0.1) is 0 Å². The van der Waals surface area contributed by atoms with Gasteiger partial charge in [0.1, 0.15) is 11.2 Å². The molecule has 6 aromatic carbocycles. The highest BCUT2D eigenvalue weighted by Gasteiger charge is 2.34. The van der Waals surface area contributed by atoms with Crippen molar-refractivity contribution < 1.29 is 12.8 Å². The lowest BCUT2D eigenvalue weighted by Crippen LogP contribution is -1.99. The molecule has 8 aromatic rings. The molecule has 1 aliphatic rings. The second-order valence-corrected chi connectivity index (χ2v) is 12.9. The topological polar surface area (TPSA) is 73.1 Å². The van der Waals surface area contributed by atoms with Gasteiger partial charge in [-0.2, -0.15) is 0 Å². The van der Waals surface area contributed by atoms with Gasteiger partial charge in [-0.15, -0.1) is 0 Å². The molecule has 208 valence electrons. The van der Waals surface area contributed by atoms with Crippen molar-refractivity contribution in [3.05, 3.63) is 133 Å². The molecular weight excluding hydrogens is 564 g/mol. The first-order chi connectivity index (χ1) is 21.5. The summed E-state index contributed by atoms with van der Waals surface area (Å²) in [6, 6.07) is 42.8. The number of furan rings is 1. The SMILES string of the molecule is O=S1(=O)c2cc(-c3ccc4oc5ccccc5c4c3)ccc2-c2ccc(-c3nc4ccccc4nc3-c3ccccc3)cc21. The largest absolute Gasteiger partial charge is 0.456 e. The van der Waals surface area contributed by atoms with Crippen molar-refractivity contribution in [3.63, 3.8) is 0 Å². The lowest BCUT2D eigenvalue weighted by atomic mass is 9.97. The average molecular weight is 587 g/mol. The van der Waals surface area contributed by atoms with Gasteiger partial charge in [0.25, 0.3) is 0 Å². The van der Waals surface area contributed by atoms with Crippen LogP contribution in [0.2, 0.25) is 0 Å². The molecule has 9 rings (SSSR count). The van der Waals surface area contributed by atoms with Gasteiger partial charge in [0.2, 0.25) is 9.84 Å². The van der Waals surface area contributed by atoms with Gasteiger partial charge in [-0.3, -0.25) is 0 Å². The van der Waals surface area contributed by atoms with Crippen LogP contribution in [0.25, 0.3) is 77.7 Å². The molecule has 0 unspecified atom stereocenters. The van der Waals surface area contributed by atoms with E-state index in [0.717, 1.165) is 49.7 Å². The Labute approximate surface area is 253 Å². The molecule has 1 aliphatic heterocycles. The van der Waals surface area contributed by atoms with E-state index < -0.39 is 9.84 Å².